The van der Waals surface area contributed by atoms with Crippen LogP contribution in [-0.4, -0.2) is 53.0 Å². The van der Waals surface area contributed by atoms with Crippen LogP contribution in [0.5, 0.6) is 0 Å². The summed E-state index contributed by atoms with van der Waals surface area (Å²) in [5.41, 5.74) is -0.582. The number of aliphatic hydroxyl groups is 1. The first-order valence-electron chi connectivity index (χ1n) is 5.52. The van der Waals surface area contributed by atoms with E-state index in [1.807, 2.05) is 0 Å². The number of hydrogen-bond acceptors (Lipinski definition) is 5. The molecular weight excluding hydrogens is 226 g/mol. The minimum atomic E-state index is -0.855. The quantitative estimate of drug-likeness (QED) is 0.682. The van der Waals surface area contributed by atoms with Crippen LogP contribution in [-0.2, 0) is 14.3 Å². The van der Waals surface area contributed by atoms with E-state index in [9.17, 15) is 14.7 Å². The molecule has 0 bridgehead atoms. The molecule has 6 heteroatoms. The molecule has 2 unspecified atom stereocenters. The molecule has 0 aromatic heterocycles. The minimum absolute atomic E-state index is 0.118. The summed E-state index contributed by atoms with van der Waals surface area (Å²) in [6.45, 7) is 6.84. The second-order valence-corrected chi connectivity index (χ2v) is 5.10. The highest BCUT2D eigenvalue weighted by Gasteiger charge is 2.37. The number of carbonyl (C=O) groups excluding carboxylic acids is 2. The number of amides is 1. The minimum Gasteiger partial charge on any atom is -0.458 e. The van der Waals surface area contributed by atoms with Gasteiger partial charge in [0.05, 0.1) is 13.1 Å². The summed E-state index contributed by atoms with van der Waals surface area (Å²) in [6.07, 6.45) is -2.03. The lowest BCUT2D eigenvalue weighted by Gasteiger charge is -2.24. The van der Waals surface area contributed by atoms with Crippen LogP contribution in [0, 0.1) is 0 Å². The first kappa shape index (κ1) is 13.8. The largest absolute Gasteiger partial charge is 0.458 e. The van der Waals surface area contributed by atoms with Crippen molar-refractivity contribution < 1.29 is 24.2 Å². The summed E-state index contributed by atoms with van der Waals surface area (Å²) in [6, 6.07) is 0. The molecule has 1 fully saturated rings. The molecule has 1 amide bonds. The fraction of sp³-hybridized carbons (Fsp3) is 0.818. The van der Waals surface area contributed by atoms with E-state index in [1.165, 1.54) is 11.8 Å². The molecule has 1 aliphatic heterocycles. The average Bonchev–Trinajstić information content (AvgIpc) is 2.44. The second kappa shape index (κ2) is 4.91. The van der Waals surface area contributed by atoms with E-state index in [0.717, 1.165) is 0 Å². The van der Waals surface area contributed by atoms with Gasteiger partial charge in [0.25, 0.3) is 0 Å². The van der Waals surface area contributed by atoms with Gasteiger partial charge in [-0.3, -0.25) is 4.79 Å². The van der Waals surface area contributed by atoms with Gasteiger partial charge in [0.2, 0.25) is 0 Å². The molecule has 98 valence electrons. The third kappa shape index (κ3) is 4.22. The number of aliphatic hydroxyl groups excluding tert-OH is 1. The molecular formula is C11H19NO5. The van der Waals surface area contributed by atoms with E-state index < -0.39 is 29.9 Å². The lowest BCUT2D eigenvalue weighted by Crippen LogP contribution is -2.36. The van der Waals surface area contributed by atoms with Gasteiger partial charge in [-0.25, -0.2) is 4.79 Å². The molecule has 1 rings (SSSR count). The van der Waals surface area contributed by atoms with Gasteiger partial charge in [-0.2, -0.15) is 0 Å². The number of esters is 1. The van der Waals surface area contributed by atoms with Crippen molar-refractivity contribution in [2.24, 2.45) is 0 Å². The number of β-amino-alcohol motifs (C(OH)–C–C–N with tert-alkyl or cyclic N) is 1. The highest BCUT2D eigenvalue weighted by Crippen LogP contribution is 2.17. The van der Waals surface area contributed by atoms with Crippen LogP contribution in [0.25, 0.3) is 0 Å². The molecule has 0 spiro atoms. The highest BCUT2D eigenvalue weighted by atomic mass is 16.6. The molecule has 0 radical (unpaired) electrons. The Bertz CT molecular complexity index is 309. The maximum Gasteiger partial charge on any atom is 0.410 e. The molecule has 2 atom stereocenters. The van der Waals surface area contributed by atoms with E-state index >= 15 is 0 Å². The van der Waals surface area contributed by atoms with Gasteiger partial charge in [-0.1, -0.05) is 0 Å². The first-order chi connectivity index (χ1) is 7.69. The maximum absolute atomic E-state index is 11.7. The van der Waals surface area contributed by atoms with Crippen molar-refractivity contribution in [2.45, 2.75) is 45.5 Å². The van der Waals surface area contributed by atoms with Gasteiger partial charge in [-0.05, 0) is 20.8 Å². The number of ether oxygens (including phenoxy) is 2. The molecule has 0 saturated carbocycles. The Kier molecular flexibility index (Phi) is 3.98. The molecule has 1 N–H and O–H groups in total. The van der Waals surface area contributed by atoms with E-state index in [-0.39, 0.29) is 13.1 Å². The van der Waals surface area contributed by atoms with Crippen LogP contribution in [0.3, 0.4) is 0 Å². The zero-order valence-corrected chi connectivity index (χ0v) is 10.6. The van der Waals surface area contributed by atoms with E-state index in [2.05, 4.69) is 0 Å². The molecule has 6 nitrogen and oxygen atoms in total. The Morgan fingerprint density at radius 3 is 2.35 bits per heavy atom. The van der Waals surface area contributed by atoms with Crippen molar-refractivity contribution in [2.75, 3.05) is 13.1 Å². The fourth-order valence-corrected chi connectivity index (χ4v) is 1.56. The predicted molar refractivity (Wildman–Crippen MR) is 59.4 cm³/mol. The summed E-state index contributed by atoms with van der Waals surface area (Å²) in [5, 5.41) is 9.63. The van der Waals surface area contributed by atoms with Crippen LogP contribution >= 0.6 is 0 Å². The number of nitrogens with zero attached hydrogens (tertiary/aromatic N) is 1. The highest BCUT2D eigenvalue weighted by molar-refractivity contribution is 5.69. The fourth-order valence-electron chi connectivity index (χ4n) is 1.56. The normalized spacial score (nSPS) is 24.6. The van der Waals surface area contributed by atoms with E-state index in [1.54, 1.807) is 20.8 Å². The third-order valence-corrected chi connectivity index (χ3v) is 2.21. The SMILES string of the molecule is CC(=O)OC1CN(C(=O)OC(C)(C)C)CC1O. The van der Waals surface area contributed by atoms with Crippen LogP contribution in [0.1, 0.15) is 27.7 Å². The zero-order chi connectivity index (χ0) is 13.2. The number of rotatable bonds is 1. The standard InChI is InChI=1S/C11H19NO5/c1-7(13)16-9-6-12(5-8(9)14)10(15)17-11(2,3)4/h8-9,14H,5-6H2,1-4H3. The Morgan fingerprint density at radius 2 is 1.88 bits per heavy atom. The van der Waals surface area contributed by atoms with Crippen molar-refractivity contribution >= 4 is 12.1 Å². The van der Waals surface area contributed by atoms with Crippen molar-refractivity contribution in [1.29, 1.82) is 0 Å². The molecule has 1 saturated heterocycles. The van der Waals surface area contributed by atoms with Crippen LogP contribution in [0.2, 0.25) is 0 Å². The maximum atomic E-state index is 11.7. The summed E-state index contributed by atoms with van der Waals surface area (Å²) < 4.78 is 10.1. The van der Waals surface area contributed by atoms with Gasteiger partial charge in [0.15, 0.2) is 0 Å². The van der Waals surface area contributed by atoms with Crippen molar-refractivity contribution in [3.05, 3.63) is 0 Å². The molecule has 1 heterocycles. The molecule has 1 aliphatic rings. The number of hydrogen-bond donors (Lipinski definition) is 1. The topological polar surface area (TPSA) is 76.1 Å². The monoisotopic (exact) mass is 245 g/mol. The first-order valence-corrected chi connectivity index (χ1v) is 5.52. The van der Waals surface area contributed by atoms with Crippen molar-refractivity contribution in [3.8, 4) is 0 Å². The lowest BCUT2D eigenvalue weighted by molar-refractivity contribution is -0.149. The lowest BCUT2D eigenvalue weighted by atomic mass is 10.2. The Labute approximate surface area is 100 Å². The van der Waals surface area contributed by atoms with Crippen LogP contribution in [0.15, 0.2) is 0 Å². The summed E-state index contributed by atoms with van der Waals surface area (Å²) in [7, 11) is 0. The predicted octanol–water partition coefficient (Wildman–Crippen LogP) is 0.530. The van der Waals surface area contributed by atoms with Crippen molar-refractivity contribution in [3.63, 3.8) is 0 Å². The molecule has 0 aromatic carbocycles. The zero-order valence-electron chi connectivity index (χ0n) is 10.6. The van der Waals surface area contributed by atoms with Crippen LogP contribution in [0.4, 0.5) is 4.79 Å². The molecule has 0 aliphatic carbocycles. The number of likely N-dealkylation sites (tertiary alicyclic amines) is 1. The van der Waals surface area contributed by atoms with Crippen molar-refractivity contribution in [1.82, 2.24) is 4.90 Å². The number of carbonyl (C=O) groups is 2. The van der Waals surface area contributed by atoms with E-state index in [4.69, 9.17) is 9.47 Å². The second-order valence-electron chi connectivity index (χ2n) is 5.10. The average molecular weight is 245 g/mol. The van der Waals surface area contributed by atoms with Gasteiger partial charge in [0, 0.05) is 6.92 Å². The Morgan fingerprint density at radius 1 is 1.29 bits per heavy atom. The summed E-state index contributed by atoms with van der Waals surface area (Å²) >= 11 is 0. The van der Waals surface area contributed by atoms with Gasteiger partial charge in [0.1, 0.15) is 17.8 Å². The molecule has 17 heavy (non-hydrogen) atoms. The summed E-state index contributed by atoms with van der Waals surface area (Å²) in [4.78, 5) is 23.8. The molecule has 0 aromatic rings. The summed E-state index contributed by atoms with van der Waals surface area (Å²) in [5.74, 6) is -0.472. The Balaban J connectivity index is 2.53. The third-order valence-electron chi connectivity index (χ3n) is 2.21. The van der Waals surface area contributed by atoms with Gasteiger partial charge >= 0.3 is 12.1 Å². The van der Waals surface area contributed by atoms with Crippen LogP contribution < -0.4 is 0 Å². The van der Waals surface area contributed by atoms with Gasteiger partial charge in [-0.15, -0.1) is 0 Å². The Hall–Kier alpha value is -1.30. The van der Waals surface area contributed by atoms with E-state index in [0.29, 0.717) is 0 Å². The smallest absolute Gasteiger partial charge is 0.410 e. The van der Waals surface area contributed by atoms with Gasteiger partial charge < -0.3 is 19.5 Å².